The summed E-state index contributed by atoms with van der Waals surface area (Å²) in [5.41, 5.74) is 4.42. The molecular formula is C26H24N2O4. The van der Waals surface area contributed by atoms with Crippen molar-refractivity contribution < 1.29 is 19.1 Å². The van der Waals surface area contributed by atoms with E-state index < -0.39 is 11.8 Å². The fraction of sp³-hybridized carbons (Fsp3) is 0.154. The van der Waals surface area contributed by atoms with Gasteiger partial charge in [0.1, 0.15) is 17.2 Å². The standard InChI is InChI=1S/C26H24N2O4/c1-16-10-12-20(17(2)14-16)27-24-23(18-8-6-5-7-9-18)25(29)28(26(24)30)21-13-11-19(31-3)15-22(21)32-4/h5-15,27H,1-4H3. The molecule has 0 spiro atoms. The number of benzene rings is 3. The number of carbonyl (C=O) groups excluding carboxylic acids is 2. The largest absolute Gasteiger partial charge is 0.497 e. The lowest BCUT2D eigenvalue weighted by molar-refractivity contribution is -0.120. The van der Waals surface area contributed by atoms with Crippen LogP contribution in [0.15, 0.2) is 72.4 Å². The van der Waals surface area contributed by atoms with Gasteiger partial charge in [-0.25, -0.2) is 4.90 Å². The summed E-state index contributed by atoms with van der Waals surface area (Å²) >= 11 is 0. The first kappa shape index (κ1) is 21.2. The SMILES string of the molecule is COc1ccc(N2C(=O)C(Nc3ccc(C)cc3C)=C(c3ccccc3)C2=O)c(OC)c1. The number of hydrogen-bond acceptors (Lipinski definition) is 5. The first-order valence-electron chi connectivity index (χ1n) is 10.2. The van der Waals surface area contributed by atoms with Crippen molar-refractivity contribution in [2.75, 3.05) is 24.4 Å². The smallest absolute Gasteiger partial charge is 0.282 e. The van der Waals surface area contributed by atoms with Crippen molar-refractivity contribution in [3.63, 3.8) is 0 Å². The molecule has 0 radical (unpaired) electrons. The number of methoxy groups -OCH3 is 2. The lowest BCUT2D eigenvalue weighted by Gasteiger charge is -2.19. The number of rotatable bonds is 6. The monoisotopic (exact) mass is 428 g/mol. The Bertz CT molecular complexity index is 1230. The van der Waals surface area contributed by atoms with Gasteiger partial charge >= 0.3 is 0 Å². The number of amides is 2. The minimum absolute atomic E-state index is 0.228. The fourth-order valence-electron chi connectivity index (χ4n) is 3.80. The van der Waals surface area contributed by atoms with Crippen LogP contribution in [0, 0.1) is 13.8 Å². The first-order chi connectivity index (χ1) is 15.4. The summed E-state index contributed by atoms with van der Waals surface area (Å²) in [7, 11) is 3.03. The molecule has 1 aliphatic rings. The first-order valence-corrected chi connectivity index (χ1v) is 10.2. The van der Waals surface area contributed by atoms with Crippen LogP contribution in [0.25, 0.3) is 5.57 Å². The van der Waals surface area contributed by atoms with E-state index in [0.29, 0.717) is 28.3 Å². The highest BCUT2D eigenvalue weighted by Gasteiger charge is 2.41. The van der Waals surface area contributed by atoms with Crippen LogP contribution in [0.4, 0.5) is 11.4 Å². The average molecular weight is 428 g/mol. The summed E-state index contributed by atoms with van der Waals surface area (Å²) in [6.07, 6.45) is 0. The van der Waals surface area contributed by atoms with Crippen LogP contribution in [0.5, 0.6) is 11.5 Å². The highest BCUT2D eigenvalue weighted by atomic mass is 16.5. The Morgan fingerprint density at radius 1 is 0.812 bits per heavy atom. The van der Waals surface area contributed by atoms with Crippen LogP contribution >= 0.6 is 0 Å². The number of carbonyl (C=O) groups is 2. The van der Waals surface area contributed by atoms with Gasteiger partial charge in [0.2, 0.25) is 0 Å². The summed E-state index contributed by atoms with van der Waals surface area (Å²) in [6.45, 7) is 3.97. The Kier molecular flexibility index (Phi) is 5.69. The quantitative estimate of drug-likeness (QED) is 0.576. The molecule has 0 bridgehead atoms. The normalized spacial score (nSPS) is 13.6. The zero-order chi connectivity index (χ0) is 22.8. The highest BCUT2D eigenvalue weighted by Crippen LogP contribution is 2.39. The maximum Gasteiger partial charge on any atom is 0.282 e. The maximum absolute atomic E-state index is 13.6. The summed E-state index contributed by atoms with van der Waals surface area (Å²) < 4.78 is 10.7. The lowest BCUT2D eigenvalue weighted by Crippen LogP contribution is -2.32. The molecule has 6 heteroatoms. The molecule has 32 heavy (non-hydrogen) atoms. The van der Waals surface area contributed by atoms with Gasteiger partial charge in [0.15, 0.2) is 0 Å². The third kappa shape index (κ3) is 3.71. The van der Waals surface area contributed by atoms with Crippen molar-refractivity contribution in [2.24, 2.45) is 0 Å². The molecule has 0 aliphatic carbocycles. The van der Waals surface area contributed by atoms with Crippen LogP contribution in [-0.4, -0.2) is 26.0 Å². The molecule has 0 aromatic heterocycles. The second-order valence-corrected chi connectivity index (χ2v) is 7.54. The van der Waals surface area contributed by atoms with Crippen molar-refractivity contribution >= 4 is 28.8 Å². The van der Waals surface area contributed by atoms with Crippen molar-refractivity contribution in [3.8, 4) is 11.5 Å². The van der Waals surface area contributed by atoms with Gasteiger partial charge < -0.3 is 14.8 Å². The van der Waals surface area contributed by atoms with Gasteiger partial charge in [0.05, 0.1) is 25.5 Å². The predicted molar refractivity (Wildman–Crippen MR) is 125 cm³/mol. The van der Waals surface area contributed by atoms with Gasteiger partial charge in [-0.15, -0.1) is 0 Å². The number of ether oxygens (including phenoxy) is 2. The Balaban J connectivity index is 1.84. The minimum Gasteiger partial charge on any atom is -0.497 e. The van der Waals surface area contributed by atoms with Gasteiger partial charge in [0, 0.05) is 11.8 Å². The van der Waals surface area contributed by atoms with E-state index in [9.17, 15) is 9.59 Å². The second-order valence-electron chi connectivity index (χ2n) is 7.54. The summed E-state index contributed by atoms with van der Waals surface area (Å²) in [5, 5.41) is 3.23. The molecule has 1 heterocycles. The zero-order valence-corrected chi connectivity index (χ0v) is 18.4. The van der Waals surface area contributed by atoms with Crippen molar-refractivity contribution in [1.29, 1.82) is 0 Å². The number of aryl methyl sites for hydroxylation is 2. The van der Waals surface area contributed by atoms with Crippen LogP contribution in [-0.2, 0) is 9.59 Å². The van der Waals surface area contributed by atoms with Gasteiger partial charge in [-0.05, 0) is 43.2 Å². The molecule has 0 saturated carbocycles. The minimum atomic E-state index is -0.447. The Labute approximate surface area is 187 Å². The molecule has 6 nitrogen and oxygen atoms in total. The fourth-order valence-corrected chi connectivity index (χ4v) is 3.80. The van der Waals surface area contributed by atoms with Crippen molar-refractivity contribution in [2.45, 2.75) is 13.8 Å². The van der Waals surface area contributed by atoms with E-state index in [2.05, 4.69) is 5.32 Å². The number of nitrogens with one attached hydrogen (secondary N) is 1. The third-order valence-electron chi connectivity index (χ3n) is 5.42. The zero-order valence-electron chi connectivity index (χ0n) is 18.4. The molecule has 0 fully saturated rings. The van der Waals surface area contributed by atoms with E-state index >= 15 is 0 Å². The Morgan fingerprint density at radius 2 is 1.56 bits per heavy atom. The molecule has 1 N–H and O–H groups in total. The third-order valence-corrected chi connectivity index (χ3v) is 5.42. The average Bonchev–Trinajstić information content (AvgIpc) is 3.04. The summed E-state index contributed by atoms with van der Waals surface area (Å²) in [5.74, 6) is 0.0648. The van der Waals surface area contributed by atoms with E-state index in [1.54, 1.807) is 25.3 Å². The predicted octanol–water partition coefficient (Wildman–Crippen LogP) is 4.72. The van der Waals surface area contributed by atoms with Crippen molar-refractivity contribution in [3.05, 3.63) is 89.1 Å². The van der Waals surface area contributed by atoms with Crippen LogP contribution < -0.4 is 19.7 Å². The second kappa shape index (κ2) is 8.59. The Hall–Kier alpha value is -4.06. The van der Waals surface area contributed by atoms with Gasteiger partial charge in [-0.3, -0.25) is 9.59 Å². The highest BCUT2D eigenvalue weighted by molar-refractivity contribution is 6.46. The van der Waals surface area contributed by atoms with Crippen LogP contribution in [0.3, 0.4) is 0 Å². The van der Waals surface area contributed by atoms with Gasteiger partial charge in [-0.2, -0.15) is 0 Å². The number of hydrogen-bond donors (Lipinski definition) is 1. The molecule has 2 amide bonds. The van der Waals surface area contributed by atoms with Gasteiger partial charge in [0.25, 0.3) is 11.8 Å². The van der Waals surface area contributed by atoms with Crippen molar-refractivity contribution in [1.82, 2.24) is 0 Å². The molecule has 0 unspecified atom stereocenters. The van der Waals surface area contributed by atoms with E-state index in [4.69, 9.17) is 9.47 Å². The topological polar surface area (TPSA) is 67.9 Å². The molecule has 162 valence electrons. The van der Waals surface area contributed by atoms with E-state index in [1.165, 1.54) is 7.11 Å². The molecule has 0 saturated heterocycles. The molecule has 3 aromatic rings. The van der Waals surface area contributed by atoms with E-state index in [0.717, 1.165) is 21.7 Å². The molecule has 0 atom stereocenters. The van der Waals surface area contributed by atoms with Crippen LogP contribution in [0.2, 0.25) is 0 Å². The number of nitrogens with zero attached hydrogens (tertiary/aromatic N) is 1. The molecular weight excluding hydrogens is 404 g/mol. The molecule has 1 aliphatic heterocycles. The number of anilines is 2. The van der Waals surface area contributed by atoms with Crippen LogP contribution in [0.1, 0.15) is 16.7 Å². The lowest BCUT2D eigenvalue weighted by atomic mass is 10.0. The Morgan fingerprint density at radius 3 is 2.22 bits per heavy atom. The maximum atomic E-state index is 13.6. The molecule has 3 aromatic carbocycles. The van der Waals surface area contributed by atoms with E-state index in [-0.39, 0.29) is 5.70 Å². The van der Waals surface area contributed by atoms with E-state index in [1.807, 2.05) is 62.4 Å². The van der Waals surface area contributed by atoms with Gasteiger partial charge in [-0.1, -0.05) is 48.0 Å². The summed E-state index contributed by atoms with van der Waals surface area (Å²) in [6, 6.07) is 20.1. The molecule has 4 rings (SSSR count). The number of imide groups is 1. The summed E-state index contributed by atoms with van der Waals surface area (Å²) in [4.78, 5) is 28.3.